The highest BCUT2D eigenvalue weighted by molar-refractivity contribution is 14.1. The number of alkyl halides is 1. The van der Waals surface area contributed by atoms with Gasteiger partial charge in [-0.15, -0.1) is 0 Å². The van der Waals surface area contributed by atoms with Crippen LogP contribution in [0.15, 0.2) is 11.6 Å². The van der Waals surface area contributed by atoms with Crippen molar-refractivity contribution in [1.82, 2.24) is 0 Å². The molecule has 0 heterocycles. The Morgan fingerprint density at radius 1 is 1.09 bits per heavy atom. The van der Waals surface area contributed by atoms with Crippen LogP contribution in [-0.4, -0.2) is 15.5 Å². The number of carbonyl (C=O) groups is 2. The van der Waals surface area contributed by atoms with Gasteiger partial charge in [0.25, 0.3) is 0 Å². The minimum atomic E-state index is -0.0454. The van der Waals surface area contributed by atoms with Gasteiger partial charge in [-0.2, -0.15) is 0 Å². The minimum Gasteiger partial charge on any atom is -0.299 e. The first-order valence-corrected chi connectivity index (χ1v) is 10.5. The quantitative estimate of drug-likeness (QED) is 0.414. The number of hydrogen-bond acceptors (Lipinski definition) is 2. The molecule has 4 aliphatic rings. The van der Waals surface area contributed by atoms with Crippen LogP contribution in [0, 0.1) is 34.5 Å². The second kappa shape index (κ2) is 5.15. The van der Waals surface area contributed by atoms with Gasteiger partial charge in [-0.05, 0) is 67.3 Å². The minimum absolute atomic E-state index is 0.0454. The van der Waals surface area contributed by atoms with E-state index in [0.29, 0.717) is 35.2 Å². The molecule has 2 nitrogen and oxygen atoms in total. The van der Waals surface area contributed by atoms with Crippen molar-refractivity contribution in [3.63, 3.8) is 0 Å². The van der Waals surface area contributed by atoms with Crippen molar-refractivity contribution in [3.8, 4) is 0 Å². The number of ketones is 2. The summed E-state index contributed by atoms with van der Waals surface area (Å²) in [6.07, 6.45) is 8.37. The van der Waals surface area contributed by atoms with E-state index in [9.17, 15) is 9.59 Å². The molecule has 3 heteroatoms. The summed E-state index contributed by atoms with van der Waals surface area (Å²) in [7, 11) is 0. The molecule has 4 aliphatic carbocycles. The van der Waals surface area contributed by atoms with Crippen LogP contribution >= 0.6 is 22.6 Å². The first-order valence-electron chi connectivity index (χ1n) is 9.22. The standard InChI is InChI=1S/C20H27IO2/c1-11-18(21)16(22)10-12-4-5-13-14-6-7-17(23)19(14,2)9-8-15(13)20(11,12)3/h10-11,13-15,18H,4-9H2,1-3H3/t11?,13-,14-,15+,18?,19-,20-/m0/s1. The van der Waals surface area contributed by atoms with Gasteiger partial charge in [-0.3, -0.25) is 9.59 Å². The number of hydrogen-bond donors (Lipinski definition) is 0. The monoisotopic (exact) mass is 426 g/mol. The summed E-state index contributed by atoms with van der Waals surface area (Å²) < 4.78 is 0.110. The van der Waals surface area contributed by atoms with Gasteiger partial charge in [-0.25, -0.2) is 0 Å². The predicted molar refractivity (Wildman–Crippen MR) is 99.5 cm³/mol. The molecular formula is C20H27IO2. The fraction of sp³-hybridized carbons (Fsp3) is 0.800. The van der Waals surface area contributed by atoms with Gasteiger partial charge in [0.15, 0.2) is 5.78 Å². The van der Waals surface area contributed by atoms with Gasteiger partial charge in [0.2, 0.25) is 0 Å². The zero-order valence-corrected chi connectivity index (χ0v) is 16.6. The Bertz CT molecular complexity index is 609. The van der Waals surface area contributed by atoms with Crippen LogP contribution in [0.5, 0.6) is 0 Å². The van der Waals surface area contributed by atoms with Crippen molar-refractivity contribution in [3.05, 3.63) is 11.6 Å². The average Bonchev–Trinajstić information content (AvgIpc) is 2.83. The first kappa shape index (κ1) is 16.3. The Morgan fingerprint density at radius 2 is 1.83 bits per heavy atom. The van der Waals surface area contributed by atoms with Gasteiger partial charge in [-0.1, -0.05) is 48.9 Å². The topological polar surface area (TPSA) is 34.1 Å². The Kier molecular flexibility index (Phi) is 3.65. The van der Waals surface area contributed by atoms with Crippen molar-refractivity contribution in [2.24, 2.45) is 34.5 Å². The second-order valence-corrected chi connectivity index (χ2v) is 10.2. The molecule has 0 aromatic carbocycles. The van der Waals surface area contributed by atoms with Crippen molar-refractivity contribution in [2.75, 3.05) is 0 Å². The van der Waals surface area contributed by atoms with Crippen LogP contribution in [0.2, 0.25) is 0 Å². The Balaban J connectivity index is 1.75. The first-order chi connectivity index (χ1) is 10.8. The fourth-order valence-corrected chi connectivity index (χ4v) is 7.62. The summed E-state index contributed by atoms with van der Waals surface area (Å²) in [4.78, 5) is 24.8. The summed E-state index contributed by atoms with van der Waals surface area (Å²) in [5, 5.41) is 0. The zero-order valence-electron chi connectivity index (χ0n) is 14.4. The van der Waals surface area contributed by atoms with E-state index < -0.39 is 0 Å². The third kappa shape index (κ3) is 1.98. The highest BCUT2D eigenvalue weighted by atomic mass is 127. The summed E-state index contributed by atoms with van der Waals surface area (Å²) in [6, 6.07) is 0. The van der Waals surface area contributed by atoms with Gasteiger partial charge in [0.1, 0.15) is 5.78 Å². The fourth-order valence-electron chi connectivity index (χ4n) is 6.69. The molecule has 4 rings (SSSR count). The molecule has 3 saturated carbocycles. The number of halogens is 1. The van der Waals surface area contributed by atoms with Crippen LogP contribution < -0.4 is 0 Å². The molecule has 0 spiro atoms. The molecule has 7 atom stereocenters. The third-order valence-corrected chi connectivity index (χ3v) is 10.0. The number of rotatable bonds is 0. The maximum Gasteiger partial charge on any atom is 0.168 e. The van der Waals surface area contributed by atoms with Crippen LogP contribution in [0.4, 0.5) is 0 Å². The molecular weight excluding hydrogens is 399 g/mol. The number of allylic oxidation sites excluding steroid dienone is 1. The van der Waals surface area contributed by atoms with E-state index in [0.717, 1.165) is 25.7 Å². The maximum atomic E-state index is 12.5. The lowest BCUT2D eigenvalue weighted by molar-refractivity contribution is -0.133. The smallest absolute Gasteiger partial charge is 0.168 e. The van der Waals surface area contributed by atoms with E-state index in [1.165, 1.54) is 18.4 Å². The maximum absolute atomic E-state index is 12.5. The van der Waals surface area contributed by atoms with Gasteiger partial charge >= 0.3 is 0 Å². The van der Waals surface area contributed by atoms with Gasteiger partial charge < -0.3 is 0 Å². The molecule has 3 fully saturated rings. The summed E-state index contributed by atoms with van der Waals surface area (Å²) in [5.41, 5.74) is 1.53. The highest BCUT2D eigenvalue weighted by Gasteiger charge is 2.61. The SMILES string of the molecule is CC1C(I)C(=O)C=C2CC[C@@H]3[C@@H](CC[C@]4(C)C(=O)CC[C@@H]34)[C@]21C. The van der Waals surface area contributed by atoms with Crippen molar-refractivity contribution < 1.29 is 9.59 Å². The lowest BCUT2D eigenvalue weighted by Gasteiger charge is -2.59. The van der Waals surface area contributed by atoms with Crippen molar-refractivity contribution in [2.45, 2.75) is 63.2 Å². The van der Waals surface area contributed by atoms with Crippen LogP contribution in [0.25, 0.3) is 0 Å². The average molecular weight is 426 g/mol. The zero-order chi connectivity index (χ0) is 16.6. The molecule has 126 valence electrons. The summed E-state index contributed by atoms with van der Waals surface area (Å²) in [5.74, 6) is 3.18. The summed E-state index contributed by atoms with van der Waals surface area (Å²) >= 11 is 2.36. The molecule has 0 aromatic heterocycles. The number of Topliss-reactive ketones (excluding diaryl/α,β-unsaturated/α-hetero) is 1. The Morgan fingerprint density at radius 3 is 2.57 bits per heavy atom. The molecule has 0 aromatic rings. The molecule has 0 bridgehead atoms. The van der Waals surface area contributed by atoms with Crippen LogP contribution in [0.3, 0.4) is 0 Å². The third-order valence-electron chi connectivity index (χ3n) is 8.33. The normalized spacial score (nSPS) is 52.5. The molecule has 0 aliphatic heterocycles. The lowest BCUT2D eigenvalue weighted by atomic mass is 9.45. The number of carbonyl (C=O) groups excluding carboxylic acids is 2. The Labute approximate surface area is 153 Å². The molecule has 0 saturated heterocycles. The lowest BCUT2D eigenvalue weighted by Crippen LogP contribution is -2.55. The van der Waals surface area contributed by atoms with E-state index in [2.05, 4.69) is 43.4 Å². The van der Waals surface area contributed by atoms with Crippen molar-refractivity contribution in [1.29, 1.82) is 0 Å². The number of fused-ring (bicyclic) bond motifs is 5. The van der Waals surface area contributed by atoms with E-state index in [-0.39, 0.29) is 14.8 Å². The molecule has 0 amide bonds. The largest absolute Gasteiger partial charge is 0.299 e. The van der Waals surface area contributed by atoms with Crippen LogP contribution in [0.1, 0.15) is 59.3 Å². The second-order valence-electron chi connectivity index (χ2n) is 8.88. The summed E-state index contributed by atoms with van der Waals surface area (Å²) in [6.45, 7) is 6.96. The van der Waals surface area contributed by atoms with Crippen molar-refractivity contribution >= 4 is 34.2 Å². The molecule has 0 N–H and O–H groups in total. The predicted octanol–water partition coefficient (Wildman–Crippen LogP) is 4.75. The van der Waals surface area contributed by atoms with E-state index in [4.69, 9.17) is 0 Å². The van der Waals surface area contributed by atoms with Gasteiger partial charge in [0, 0.05) is 11.8 Å². The van der Waals surface area contributed by atoms with E-state index >= 15 is 0 Å². The molecule has 2 unspecified atom stereocenters. The highest BCUT2D eigenvalue weighted by Crippen LogP contribution is 2.65. The van der Waals surface area contributed by atoms with E-state index in [1.807, 2.05) is 6.08 Å². The Hall–Kier alpha value is -0.190. The van der Waals surface area contributed by atoms with E-state index in [1.54, 1.807) is 0 Å². The van der Waals surface area contributed by atoms with Crippen LogP contribution in [-0.2, 0) is 9.59 Å². The molecule has 23 heavy (non-hydrogen) atoms. The van der Waals surface area contributed by atoms with Gasteiger partial charge in [0.05, 0.1) is 3.92 Å². The molecule has 0 radical (unpaired) electrons.